The van der Waals surface area contributed by atoms with Crippen LogP contribution in [0.25, 0.3) is 0 Å². The molecule has 0 atom stereocenters. The van der Waals surface area contributed by atoms with Crippen LogP contribution < -0.4 is 20.5 Å². The number of nitrogens with zero attached hydrogens (tertiary/aromatic N) is 1. The number of methoxy groups -OCH3 is 2. The van der Waals surface area contributed by atoms with E-state index in [1.54, 1.807) is 14.2 Å². The Labute approximate surface area is 164 Å². The number of unbranched alkanes of at least 4 members (excludes halogenated alkanes) is 2. The molecule has 0 bridgehead atoms. The van der Waals surface area contributed by atoms with Gasteiger partial charge in [0.05, 0.1) is 19.8 Å². The van der Waals surface area contributed by atoms with Crippen LogP contribution in [0.4, 0.5) is 0 Å². The van der Waals surface area contributed by atoms with Crippen LogP contribution >= 0.6 is 0 Å². The van der Waals surface area contributed by atoms with Crippen LogP contribution in [0.2, 0.25) is 0 Å². The van der Waals surface area contributed by atoms with Crippen molar-refractivity contribution < 1.29 is 14.3 Å². The minimum atomic E-state index is -0.177. The summed E-state index contributed by atoms with van der Waals surface area (Å²) >= 11 is 0. The van der Waals surface area contributed by atoms with Gasteiger partial charge in [0, 0.05) is 7.05 Å². The molecule has 1 fully saturated rings. The maximum atomic E-state index is 11.9. The lowest BCUT2D eigenvalue weighted by molar-refractivity contribution is 0.0959. The Balaban J connectivity index is 0.000000433. The molecule has 0 unspecified atom stereocenters. The number of hydrogen-bond donors (Lipinski definition) is 2. The van der Waals surface area contributed by atoms with Crippen LogP contribution in [-0.4, -0.2) is 58.3 Å². The molecule has 6 heteroatoms. The van der Waals surface area contributed by atoms with Crippen molar-refractivity contribution in [2.45, 2.75) is 45.4 Å². The van der Waals surface area contributed by atoms with Crippen LogP contribution in [-0.2, 0) is 6.42 Å². The van der Waals surface area contributed by atoms with Gasteiger partial charge in [0.2, 0.25) is 0 Å². The molecular weight excluding hydrogens is 342 g/mol. The van der Waals surface area contributed by atoms with Crippen LogP contribution in [0, 0.1) is 0 Å². The largest absolute Gasteiger partial charge is 0.493 e. The average molecular weight is 380 g/mol. The minimum Gasteiger partial charge on any atom is -0.493 e. The van der Waals surface area contributed by atoms with Crippen molar-refractivity contribution in [3.8, 4) is 11.5 Å². The standard InChI is InChI=1S/C15H24N2O3.C6H13N/c1-17-15(18)12-9-11(7-5-4-6-8-16)10-13(19-2)14(12)20-3;1-2-7-5-3-4-6-7/h9-10H,4-8,16H2,1-3H3,(H,17,18);2-6H2,1H3. The first-order valence-corrected chi connectivity index (χ1v) is 10.0. The molecule has 154 valence electrons. The highest BCUT2D eigenvalue weighted by Gasteiger charge is 2.17. The van der Waals surface area contributed by atoms with Crippen molar-refractivity contribution in [3.05, 3.63) is 23.3 Å². The smallest absolute Gasteiger partial charge is 0.254 e. The monoisotopic (exact) mass is 379 g/mol. The zero-order chi connectivity index (χ0) is 20.1. The van der Waals surface area contributed by atoms with E-state index in [0.717, 1.165) is 37.8 Å². The van der Waals surface area contributed by atoms with Gasteiger partial charge in [-0.15, -0.1) is 0 Å². The summed E-state index contributed by atoms with van der Waals surface area (Å²) in [6.45, 7) is 6.88. The number of carbonyl (C=O) groups is 1. The second-order valence-electron chi connectivity index (χ2n) is 6.70. The van der Waals surface area contributed by atoms with Crippen LogP contribution in [0.1, 0.15) is 54.9 Å². The molecule has 1 aliphatic heterocycles. The third-order valence-electron chi connectivity index (χ3n) is 4.83. The summed E-state index contributed by atoms with van der Waals surface area (Å²) < 4.78 is 10.6. The molecule has 2 rings (SSSR count). The number of hydrogen-bond acceptors (Lipinski definition) is 5. The van der Waals surface area contributed by atoms with Crippen LogP contribution in [0.15, 0.2) is 12.1 Å². The normalized spacial score (nSPS) is 13.7. The fourth-order valence-electron chi connectivity index (χ4n) is 3.22. The van der Waals surface area contributed by atoms with Gasteiger partial charge in [0.1, 0.15) is 0 Å². The van der Waals surface area contributed by atoms with E-state index in [4.69, 9.17) is 15.2 Å². The highest BCUT2D eigenvalue weighted by molar-refractivity contribution is 5.97. The third-order valence-corrected chi connectivity index (χ3v) is 4.83. The summed E-state index contributed by atoms with van der Waals surface area (Å²) in [5.41, 5.74) is 7.05. The molecule has 6 nitrogen and oxygen atoms in total. The summed E-state index contributed by atoms with van der Waals surface area (Å²) in [5, 5.41) is 2.62. The van der Waals surface area contributed by atoms with Gasteiger partial charge in [0.15, 0.2) is 11.5 Å². The van der Waals surface area contributed by atoms with Crippen molar-refractivity contribution in [2.24, 2.45) is 5.73 Å². The summed E-state index contributed by atoms with van der Waals surface area (Å²) in [6.07, 6.45) is 6.89. The molecule has 1 saturated heterocycles. The van der Waals surface area contributed by atoms with Gasteiger partial charge in [-0.3, -0.25) is 4.79 Å². The van der Waals surface area contributed by atoms with E-state index in [0.29, 0.717) is 17.1 Å². The van der Waals surface area contributed by atoms with Crippen molar-refractivity contribution in [3.63, 3.8) is 0 Å². The Morgan fingerprint density at radius 2 is 1.85 bits per heavy atom. The molecule has 1 heterocycles. The lowest BCUT2D eigenvalue weighted by Gasteiger charge is -2.14. The summed E-state index contributed by atoms with van der Waals surface area (Å²) in [6, 6.07) is 3.79. The molecule has 1 aromatic carbocycles. The molecule has 0 spiro atoms. The predicted octanol–water partition coefficient (Wildman–Crippen LogP) is 2.84. The lowest BCUT2D eigenvalue weighted by Crippen LogP contribution is -2.19. The predicted molar refractivity (Wildman–Crippen MR) is 111 cm³/mol. The molecule has 1 aliphatic rings. The lowest BCUT2D eigenvalue weighted by atomic mass is 10.0. The Morgan fingerprint density at radius 3 is 2.33 bits per heavy atom. The van der Waals surface area contributed by atoms with Crippen LogP contribution in [0.3, 0.4) is 0 Å². The van der Waals surface area contributed by atoms with Crippen molar-refractivity contribution in [1.82, 2.24) is 10.2 Å². The number of nitrogens with two attached hydrogens (primary N) is 1. The van der Waals surface area contributed by atoms with E-state index in [2.05, 4.69) is 17.1 Å². The first-order chi connectivity index (χ1) is 13.1. The van der Waals surface area contributed by atoms with Gasteiger partial charge in [0.25, 0.3) is 5.91 Å². The molecule has 0 aromatic heterocycles. The van der Waals surface area contributed by atoms with E-state index >= 15 is 0 Å². The second-order valence-corrected chi connectivity index (χ2v) is 6.70. The number of carbonyl (C=O) groups excluding carboxylic acids is 1. The second kappa shape index (κ2) is 13.4. The Hall–Kier alpha value is -1.79. The zero-order valence-electron chi connectivity index (χ0n) is 17.5. The van der Waals surface area contributed by atoms with Crippen LogP contribution in [0.5, 0.6) is 11.5 Å². The van der Waals surface area contributed by atoms with Gasteiger partial charge in [-0.1, -0.05) is 13.3 Å². The fourth-order valence-corrected chi connectivity index (χ4v) is 3.22. The quantitative estimate of drug-likeness (QED) is 0.645. The minimum absolute atomic E-state index is 0.177. The molecule has 3 N–H and O–H groups in total. The Kier molecular flexibility index (Phi) is 11.5. The van der Waals surface area contributed by atoms with Gasteiger partial charge in [-0.05, 0) is 76.0 Å². The third kappa shape index (κ3) is 7.77. The molecular formula is C21H37N3O3. The van der Waals surface area contributed by atoms with Gasteiger partial charge >= 0.3 is 0 Å². The first kappa shape index (κ1) is 23.2. The average Bonchev–Trinajstić information content (AvgIpc) is 3.24. The van der Waals surface area contributed by atoms with Gasteiger partial charge in [-0.2, -0.15) is 0 Å². The number of nitrogens with one attached hydrogen (secondary N) is 1. The number of benzene rings is 1. The number of likely N-dealkylation sites (tertiary alicyclic amines) is 1. The Bertz CT molecular complexity index is 558. The molecule has 0 saturated carbocycles. The van der Waals surface area contributed by atoms with E-state index in [-0.39, 0.29) is 5.91 Å². The number of ether oxygens (including phenoxy) is 2. The highest BCUT2D eigenvalue weighted by atomic mass is 16.5. The Morgan fingerprint density at radius 1 is 1.15 bits per heavy atom. The molecule has 0 radical (unpaired) electrons. The summed E-state index contributed by atoms with van der Waals surface area (Å²) in [4.78, 5) is 14.4. The molecule has 1 amide bonds. The maximum absolute atomic E-state index is 11.9. The number of aryl methyl sites for hydroxylation is 1. The van der Waals surface area contributed by atoms with Crippen molar-refractivity contribution in [2.75, 3.05) is 47.4 Å². The van der Waals surface area contributed by atoms with Crippen molar-refractivity contribution in [1.29, 1.82) is 0 Å². The van der Waals surface area contributed by atoms with E-state index < -0.39 is 0 Å². The van der Waals surface area contributed by atoms with E-state index in [1.807, 2.05) is 12.1 Å². The van der Waals surface area contributed by atoms with Gasteiger partial charge < -0.3 is 25.4 Å². The van der Waals surface area contributed by atoms with E-state index in [9.17, 15) is 4.79 Å². The SMILES string of the molecule is CCN1CCCC1.CNC(=O)c1cc(CCCCCN)cc(OC)c1OC. The maximum Gasteiger partial charge on any atom is 0.254 e. The van der Waals surface area contributed by atoms with E-state index in [1.165, 1.54) is 39.6 Å². The fraction of sp³-hybridized carbons (Fsp3) is 0.667. The molecule has 0 aliphatic carbocycles. The number of rotatable bonds is 9. The zero-order valence-corrected chi connectivity index (χ0v) is 17.5. The number of amides is 1. The first-order valence-electron chi connectivity index (χ1n) is 10.0. The highest BCUT2D eigenvalue weighted by Crippen LogP contribution is 2.33. The summed E-state index contributed by atoms with van der Waals surface area (Å²) in [5.74, 6) is 0.879. The molecule has 1 aromatic rings. The molecule has 27 heavy (non-hydrogen) atoms. The van der Waals surface area contributed by atoms with Gasteiger partial charge in [-0.25, -0.2) is 0 Å². The van der Waals surface area contributed by atoms with Crippen molar-refractivity contribution >= 4 is 5.91 Å². The summed E-state index contributed by atoms with van der Waals surface area (Å²) in [7, 11) is 4.71. The topological polar surface area (TPSA) is 76.8 Å².